The Bertz CT molecular complexity index is 648. The molecule has 0 atom stereocenters. The van der Waals surface area contributed by atoms with E-state index >= 15 is 0 Å². The van der Waals surface area contributed by atoms with Crippen LogP contribution in [0.3, 0.4) is 0 Å². The van der Waals surface area contributed by atoms with Gasteiger partial charge in [-0.2, -0.15) is 5.26 Å². The Hall–Kier alpha value is -1.71. The minimum Gasteiger partial charge on any atom is -0.312 e. The SMILES string of the molecule is N#Cc1ccsc1NC(=O)c1cc(F)ccc1Br. The van der Waals surface area contributed by atoms with E-state index in [-0.39, 0.29) is 5.56 Å². The van der Waals surface area contributed by atoms with Gasteiger partial charge in [-0.3, -0.25) is 4.79 Å². The predicted octanol–water partition coefficient (Wildman–Crippen LogP) is 3.77. The van der Waals surface area contributed by atoms with Crippen molar-refractivity contribution >= 4 is 38.2 Å². The summed E-state index contributed by atoms with van der Waals surface area (Å²) in [5, 5.41) is 13.6. The average Bonchev–Trinajstić information content (AvgIpc) is 2.79. The van der Waals surface area contributed by atoms with Crippen molar-refractivity contribution in [2.75, 3.05) is 5.32 Å². The van der Waals surface area contributed by atoms with E-state index in [4.69, 9.17) is 5.26 Å². The number of thiophene rings is 1. The predicted molar refractivity (Wildman–Crippen MR) is 71.1 cm³/mol. The Morgan fingerprint density at radius 3 is 2.94 bits per heavy atom. The van der Waals surface area contributed by atoms with Crippen molar-refractivity contribution in [1.29, 1.82) is 5.26 Å². The van der Waals surface area contributed by atoms with Crippen LogP contribution in [0.1, 0.15) is 15.9 Å². The van der Waals surface area contributed by atoms with Gasteiger partial charge in [0, 0.05) is 4.47 Å². The lowest BCUT2D eigenvalue weighted by atomic mass is 10.2. The van der Waals surface area contributed by atoms with Crippen LogP contribution in [-0.2, 0) is 0 Å². The lowest BCUT2D eigenvalue weighted by molar-refractivity contribution is 0.102. The van der Waals surface area contributed by atoms with Gasteiger partial charge in [0.05, 0.1) is 11.1 Å². The fourth-order valence-corrected chi connectivity index (χ4v) is 2.50. The van der Waals surface area contributed by atoms with Crippen LogP contribution in [0.4, 0.5) is 9.39 Å². The van der Waals surface area contributed by atoms with Crippen LogP contribution in [-0.4, -0.2) is 5.91 Å². The van der Waals surface area contributed by atoms with Gasteiger partial charge in [-0.1, -0.05) is 0 Å². The van der Waals surface area contributed by atoms with E-state index in [1.54, 1.807) is 11.4 Å². The van der Waals surface area contributed by atoms with Crippen LogP contribution >= 0.6 is 27.3 Å². The molecule has 0 unspecified atom stereocenters. The lowest BCUT2D eigenvalue weighted by Crippen LogP contribution is -2.12. The van der Waals surface area contributed by atoms with Gasteiger partial charge < -0.3 is 5.32 Å². The number of nitrogens with one attached hydrogen (secondary N) is 1. The third-order valence-corrected chi connectivity index (χ3v) is 3.71. The van der Waals surface area contributed by atoms with Crippen LogP contribution in [0, 0.1) is 17.1 Å². The number of anilines is 1. The normalized spacial score (nSPS) is 9.83. The van der Waals surface area contributed by atoms with E-state index in [1.807, 2.05) is 6.07 Å². The second kappa shape index (κ2) is 5.29. The molecule has 0 spiro atoms. The van der Waals surface area contributed by atoms with E-state index in [0.717, 1.165) is 6.07 Å². The molecular formula is C12H6BrFN2OS. The van der Waals surface area contributed by atoms with E-state index in [9.17, 15) is 9.18 Å². The standard InChI is InChI=1S/C12H6BrFN2OS/c13-10-2-1-8(14)5-9(10)11(17)16-12-7(6-15)3-4-18-12/h1-5H,(H,16,17). The number of benzene rings is 1. The summed E-state index contributed by atoms with van der Waals surface area (Å²) in [6.07, 6.45) is 0. The van der Waals surface area contributed by atoms with Gasteiger partial charge >= 0.3 is 0 Å². The average molecular weight is 325 g/mol. The van der Waals surface area contributed by atoms with Gasteiger partial charge in [0.1, 0.15) is 16.9 Å². The van der Waals surface area contributed by atoms with Crippen molar-refractivity contribution in [2.45, 2.75) is 0 Å². The maximum absolute atomic E-state index is 13.1. The Balaban J connectivity index is 2.28. The molecule has 1 aromatic carbocycles. The van der Waals surface area contributed by atoms with Crippen molar-refractivity contribution in [3.05, 3.63) is 51.1 Å². The molecule has 2 aromatic rings. The van der Waals surface area contributed by atoms with E-state index in [2.05, 4.69) is 21.2 Å². The fourth-order valence-electron chi connectivity index (χ4n) is 1.34. The molecule has 0 radical (unpaired) electrons. The molecule has 0 aliphatic heterocycles. The molecule has 1 amide bonds. The van der Waals surface area contributed by atoms with Crippen molar-refractivity contribution < 1.29 is 9.18 Å². The highest BCUT2D eigenvalue weighted by molar-refractivity contribution is 9.10. The summed E-state index contributed by atoms with van der Waals surface area (Å²) in [6, 6.07) is 7.44. The summed E-state index contributed by atoms with van der Waals surface area (Å²) in [6.45, 7) is 0. The summed E-state index contributed by atoms with van der Waals surface area (Å²) in [7, 11) is 0. The van der Waals surface area contributed by atoms with Gasteiger partial charge in [-0.05, 0) is 45.6 Å². The van der Waals surface area contributed by atoms with Crippen molar-refractivity contribution in [1.82, 2.24) is 0 Å². The van der Waals surface area contributed by atoms with Gasteiger partial charge in [-0.25, -0.2) is 4.39 Å². The molecule has 0 fully saturated rings. The Morgan fingerprint density at radius 1 is 1.44 bits per heavy atom. The zero-order valence-corrected chi connectivity index (χ0v) is 11.3. The zero-order chi connectivity index (χ0) is 13.1. The molecule has 3 nitrogen and oxygen atoms in total. The van der Waals surface area contributed by atoms with Crippen LogP contribution in [0.2, 0.25) is 0 Å². The molecule has 0 aliphatic rings. The molecule has 1 heterocycles. The molecular weight excluding hydrogens is 319 g/mol. The highest BCUT2D eigenvalue weighted by Gasteiger charge is 2.13. The van der Waals surface area contributed by atoms with Crippen molar-refractivity contribution in [3.8, 4) is 6.07 Å². The van der Waals surface area contributed by atoms with Gasteiger partial charge in [0.2, 0.25) is 0 Å². The Labute approximate surface area is 115 Å². The number of halogens is 2. The number of carbonyl (C=O) groups is 1. The first-order valence-electron chi connectivity index (χ1n) is 4.86. The minimum absolute atomic E-state index is 0.187. The van der Waals surface area contributed by atoms with E-state index < -0.39 is 11.7 Å². The molecule has 6 heteroatoms. The molecule has 0 bridgehead atoms. The van der Waals surface area contributed by atoms with Crippen LogP contribution in [0.5, 0.6) is 0 Å². The number of carbonyl (C=O) groups excluding carboxylic acids is 1. The first-order chi connectivity index (χ1) is 8.61. The fraction of sp³-hybridized carbons (Fsp3) is 0. The molecule has 18 heavy (non-hydrogen) atoms. The Morgan fingerprint density at radius 2 is 2.22 bits per heavy atom. The van der Waals surface area contributed by atoms with Gasteiger partial charge in [0.15, 0.2) is 0 Å². The Kier molecular flexibility index (Phi) is 3.75. The third kappa shape index (κ3) is 2.58. The van der Waals surface area contributed by atoms with Gasteiger partial charge in [0.25, 0.3) is 5.91 Å². The monoisotopic (exact) mass is 324 g/mol. The maximum Gasteiger partial charge on any atom is 0.257 e. The number of amides is 1. The summed E-state index contributed by atoms with van der Waals surface area (Å²) in [5.74, 6) is -0.949. The van der Waals surface area contributed by atoms with Gasteiger partial charge in [-0.15, -0.1) is 11.3 Å². The molecule has 90 valence electrons. The number of hydrogen-bond donors (Lipinski definition) is 1. The van der Waals surface area contributed by atoms with E-state index in [0.29, 0.717) is 15.0 Å². The molecule has 0 saturated heterocycles. The largest absolute Gasteiger partial charge is 0.312 e. The molecule has 1 aromatic heterocycles. The van der Waals surface area contributed by atoms with Crippen LogP contribution < -0.4 is 5.32 Å². The summed E-state index contributed by atoms with van der Waals surface area (Å²) in [4.78, 5) is 11.9. The van der Waals surface area contributed by atoms with Crippen molar-refractivity contribution in [3.63, 3.8) is 0 Å². The summed E-state index contributed by atoms with van der Waals surface area (Å²) >= 11 is 4.43. The van der Waals surface area contributed by atoms with E-state index in [1.165, 1.54) is 23.5 Å². The number of nitrogens with zero attached hydrogens (tertiary/aromatic N) is 1. The number of hydrogen-bond acceptors (Lipinski definition) is 3. The molecule has 0 saturated carbocycles. The highest BCUT2D eigenvalue weighted by Crippen LogP contribution is 2.24. The van der Waals surface area contributed by atoms with Crippen molar-refractivity contribution in [2.24, 2.45) is 0 Å². The zero-order valence-electron chi connectivity index (χ0n) is 8.91. The molecule has 0 aliphatic carbocycles. The maximum atomic E-state index is 13.1. The molecule has 2 rings (SSSR count). The lowest BCUT2D eigenvalue weighted by Gasteiger charge is -2.05. The van der Waals surface area contributed by atoms with Crippen LogP contribution in [0.25, 0.3) is 0 Å². The first kappa shape index (κ1) is 12.7. The number of nitriles is 1. The van der Waals surface area contributed by atoms with Crippen LogP contribution in [0.15, 0.2) is 34.1 Å². The topological polar surface area (TPSA) is 52.9 Å². The second-order valence-electron chi connectivity index (χ2n) is 3.35. The quantitative estimate of drug-likeness (QED) is 0.914. The minimum atomic E-state index is -0.491. The summed E-state index contributed by atoms with van der Waals surface area (Å²) in [5.41, 5.74) is 0.577. The first-order valence-corrected chi connectivity index (χ1v) is 6.53. The molecule has 1 N–H and O–H groups in total. The second-order valence-corrected chi connectivity index (χ2v) is 5.12. The highest BCUT2D eigenvalue weighted by atomic mass is 79.9. The number of rotatable bonds is 2. The third-order valence-electron chi connectivity index (χ3n) is 2.19. The smallest absolute Gasteiger partial charge is 0.257 e. The summed E-state index contributed by atoms with van der Waals surface area (Å²) < 4.78 is 13.6.